The molecule has 0 N–H and O–H groups in total. The highest BCUT2D eigenvalue weighted by atomic mass is 79.9. The van der Waals surface area contributed by atoms with Crippen molar-refractivity contribution in [3.63, 3.8) is 0 Å². The summed E-state index contributed by atoms with van der Waals surface area (Å²) in [5.74, 6) is 0. The molecular formula is C27H31BrOSi. The van der Waals surface area contributed by atoms with Crippen LogP contribution < -0.4 is 10.4 Å². The summed E-state index contributed by atoms with van der Waals surface area (Å²) in [6.07, 6.45) is 2.25. The van der Waals surface area contributed by atoms with Crippen molar-refractivity contribution in [1.29, 1.82) is 0 Å². The van der Waals surface area contributed by atoms with Crippen LogP contribution in [-0.4, -0.2) is 14.7 Å². The van der Waals surface area contributed by atoms with E-state index in [1.165, 1.54) is 27.5 Å². The highest BCUT2D eigenvalue weighted by molar-refractivity contribution is 9.10. The van der Waals surface area contributed by atoms with Gasteiger partial charge in [-0.05, 0) is 47.2 Å². The second-order valence-electron chi connectivity index (χ2n) is 9.38. The number of benzene rings is 3. The Labute approximate surface area is 190 Å². The summed E-state index contributed by atoms with van der Waals surface area (Å²) in [4.78, 5) is 0. The second-order valence-corrected chi connectivity index (χ2v) is 15.3. The summed E-state index contributed by atoms with van der Waals surface area (Å²) >= 11 is 3.63. The van der Waals surface area contributed by atoms with Crippen molar-refractivity contribution in [3.8, 4) is 0 Å². The zero-order chi connectivity index (χ0) is 21.2. The zero-order valence-electron chi connectivity index (χ0n) is 18.2. The van der Waals surface area contributed by atoms with Crippen molar-refractivity contribution in [1.82, 2.24) is 0 Å². The molecule has 1 atom stereocenters. The highest BCUT2D eigenvalue weighted by Gasteiger charge is 2.47. The monoisotopic (exact) mass is 478 g/mol. The molecule has 0 amide bonds. The fourth-order valence-corrected chi connectivity index (χ4v) is 11.3. The van der Waals surface area contributed by atoms with Gasteiger partial charge in [-0.25, -0.2) is 0 Å². The average Bonchev–Trinajstić information content (AvgIpc) is 2.74. The first kappa shape index (κ1) is 21.5. The van der Waals surface area contributed by atoms with E-state index in [0.29, 0.717) is 0 Å². The molecule has 0 saturated heterocycles. The third-order valence-electron chi connectivity index (χ3n) is 6.74. The number of rotatable bonds is 5. The van der Waals surface area contributed by atoms with Crippen LogP contribution in [0.4, 0.5) is 0 Å². The Morgan fingerprint density at radius 3 is 2.07 bits per heavy atom. The Bertz CT molecular complexity index is 939. The minimum Gasteiger partial charge on any atom is -0.373 e. The third-order valence-corrected chi connectivity index (χ3v) is 13.5. The van der Waals surface area contributed by atoms with Crippen LogP contribution in [-0.2, 0) is 11.2 Å². The minimum atomic E-state index is -2.05. The number of hydrogen-bond donors (Lipinski definition) is 0. The first-order valence-corrected chi connectivity index (χ1v) is 13.9. The van der Waals surface area contributed by atoms with Gasteiger partial charge >= 0.3 is 0 Å². The van der Waals surface area contributed by atoms with Crippen molar-refractivity contribution in [2.45, 2.75) is 50.8 Å². The number of hydrogen-bond acceptors (Lipinski definition) is 1. The molecule has 0 aliphatic carbocycles. The van der Waals surface area contributed by atoms with E-state index in [2.05, 4.69) is 116 Å². The fourth-order valence-electron chi connectivity index (χ4n) is 5.23. The van der Waals surface area contributed by atoms with Crippen molar-refractivity contribution in [3.05, 3.63) is 94.5 Å². The summed E-state index contributed by atoms with van der Waals surface area (Å²) in [5, 5.41) is 3.23. The molecule has 1 aliphatic rings. The van der Waals surface area contributed by atoms with Crippen molar-refractivity contribution >= 4 is 34.4 Å². The molecule has 0 unspecified atom stereocenters. The molecule has 0 aromatic heterocycles. The normalized spacial score (nSPS) is 16.9. The Morgan fingerprint density at radius 1 is 0.900 bits per heavy atom. The number of halogens is 1. The first-order chi connectivity index (χ1) is 14.4. The van der Waals surface area contributed by atoms with Gasteiger partial charge in [-0.15, -0.1) is 0 Å². The predicted octanol–water partition coefficient (Wildman–Crippen LogP) is 6.52. The van der Waals surface area contributed by atoms with Gasteiger partial charge in [-0.2, -0.15) is 0 Å². The van der Waals surface area contributed by atoms with E-state index in [9.17, 15) is 0 Å². The van der Waals surface area contributed by atoms with Crippen LogP contribution in [0.15, 0.2) is 83.3 Å². The average molecular weight is 480 g/mol. The van der Waals surface area contributed by atoms with Gasteiger partial charge < -0.3 is 4.74 Å². The minimum absolute atomic E-state index is 0.184. The molecule has 30 heavy (non-hydrogen) atoms. The second kappa shape index (κ2) is 8.82. The molecule has 0 bridgehead atoms. The lowest BCUT2D eigenvalue weighted by molar-refractivity contribution is 0.0396. The SMILES string of the molecule is CC(C)(C)[Si](CC[C@@H]1OCCc2cc(Br)ccc21)(c1ccccc1)c1ccccc1. The predicted molar refractivity (Wildman–Crippen MR) is 134 cm³/mol. The molecule has 1 aliphatic heterocycles. The summed E-state index contributed by atoms with van der Waals surface area (Å²) in [6.45, 7) is 8.12. The topological polar surface area (TPSA) is 9.23 Å². The third kappa shape index (κ3) is 4.08. The van der Waals surface area contributed by atoms with Gasteiger partial charge in [0.15, 0.2) is 0 Å². The maximum atomic E-state index is 6.33. The van der Waals surface area contributed by atoms with Crippen molar-refractivity contribution in [2.75, 3.05) is 6.61 Å². The summed E-state index contributed by atoms with van der Waals surface area (Å²) in [6, 6.07) is 30.4. The molecule has 0 spiro atoms. The first-order valence-electron chi connectivity index (χ1n) is 10.9. The van der Waals surface area contributed by atoms with E-state index in [-0.39, 0.29) is 11.1 Å². The highest BCUT2D eigenvalue weighted by Crippen LogP contribution is 2.42. The molecule has 156 valence electrons. The summed E-state index contributed by atoms with van der Waals surface area (Å²) < 4.78 is 7.49. The van der Waals surface area contributed by atoms with Gasteiger partial charge in [0, 0.05) is 4.47 Å². The van der Waals surface area contributed by atoms with Crippen LogP contribution in [0, 0.1) is 0 Å². The molecule has 0 fully saturated rings. The molecule has 0 saturated carbocycles. The Morgan fingerprint density at radius 2 is 1.50 bits per heavy atom. The quantitative estimate of drug-likeness (QED) is 0.379. The van der Waals surface area contributed by atoms with Crippen LogP contribution >= 0.6 is 15.9 Å². The maximum Gasteiger partial charge on any atom is 0.123 e. The van der Waals surface area contributed by atoms with Gasteiger partial charge in [0.2, 0.25) is 0 Å². The molecular weight excluding hydrogens is 448 g/mol. The molecule has 1 heterocycles. The smallest absolute Gasteiger partial charge is 0.123 e. The molecule has 3 heteroatoms. The van der Waals surface area contributed by atoms with Crippen LogP contribution in [0.2, 0.25) is 11.1 Å². The van der Waals surface area contributed by atoms with E-state index in [1.807, 2.05) is 0 Å². The number of fused-ring (bicyclic) bond motifs is 1. The van der Waals surface area contributed by atoms with Gasteiger partial charge in [0.25, 0.3) is 0 Å². The number of ether oxygens (including phenoxy) is 1. The van der Waals surface area contributed by atoms with E-state index in [4.69, 9.17) is 4.74 Å². The van der Waals surface area contributed by atoms with E-state index in [0.717, 1.165) is 23.9 Å². The Kier molecular flexibility index (Phi) is 6.33. The molecule has 4 rings (SSSR count). The van der Waals surface area contributed by atoms with Crippen LogP contribution in [0.3, 0.4) is 0 Å². The van der Waals surface area contributed by atoms with E-state index >= 15 is 0 Å². The fraction of sp³-hybridized carbons (Fsp3) is 0.333. The summed E-state index contributed by atoms with van der Waals surface area (Å²) in [5.41, 5.74) is 2.81. The van der Waals surface area contributed by atoms with Gasteiger partial charge in [0.05, 0.1) is 12.7 Å². The van der Waals surface area contributed by atoms with Crippen molar-refractivity contribution < 1.29 is 4.74 Å². The summed E-state index contributed by atoms with van der Waals surface area (Å²) in [7, 11) is -2.05. The van der Waals surface area contributed by atoms with Crippen LogP contribution in [0.1, 0.15) is 44.4 Å². The lowest BCUT2D eigenvalue weighted by atomic mass is 9.96. The molecule has 3 aromatic rings. The standard InChI is InChI=1S/C27H31BrOSi/c1-27(2,3)30(23-10-6-4-7-11-23,24-12-8-5-9-13-24)19-17-26-25-15-14-22(28)20-21(25)16-18-29-26/h4-15,20,26H,16-19H2,1-3H3/t26-/m0/s1. The lowest BCUT2D eigenvalue weighted by Gasteiger charge is -2.45. The zero-order valence-corrected chi connectivity index (χ0v) is 20.8. The molecule has 3 aromatic carbocycles. The molecule has 1 nitrogen and oxygen atoms in total. The van der Waals surface area contributed by atoms with Gasteiger partial charge in [-0.3, -0.25) is 0 Å². The lowest BCUT2D eigenvalue weighted by Crippen LogP contribution is -2.64. The van der Waals surface area contributed by atoms with Crippen LogP contribution in [0.5, 0.6) is 0 Å². The molecule has 0 radical (unpaired) electrons. The van der Waals surface area contributed by atoms with E-state index in [1.54, 1.807) is 0 Å². The van der Waals surface area contributed by atoms with Crippen molar-refractivity contribution in [2.24, 2.45) is 0 Å². The Balaban J connectivity index is 1.75. The maximum absolute atomic E-state index is 6.33. The Hall–Kier alpha value is -1.68. The van der Waals surface area contributed by atoms with Gasteiger partial charge in [-0.1, -0.05) is 114 Å². The van der Waals surface area contributed by atoms with Crippen LogP contribution in [0.25, 0.3) is 0 Å². The van der Waals surface area contributed by atoms with E-state index < -0.39 is 8.07 Å². The van der Waals surface area contributed by atoms with Gasteiger partial charge in [0.1, 0.15) is 8.07 Å². The largest absolute Gasteiger partial charge is 0.373 e.